The van der Waals surface area contributed by atoms with Gasteiger partial charge in [0.1, 0.15) is 11.1 Å². The molecule has 0 spiro atoms. The average Bonchev–Trinajstić information content (AvgIpc) is 2.95. The fourth-order valence-corrected chi connectivity index (χ4v) is 6.63. The zero-order valence-corrected chi connectivity index (χ0v) is 23.1. The Morgan fingerprint density at radius 1 is 0.974 bits per heavy atom. The number of allylic oxidation sites excluding steroid dienone is 2. The summed E-state index contributed by atoms with van der Waals surface area (Å²) in [6.45, 7) is 4.28. The topological polar surface area (TPSA) is 56.5 Å². The van der Waals surface area contributed by atoms with Crippen molar-refractivity contribution in [3.05, 3.63) is 87.7 Å². The summed E-state index contributed by atoms with van der Waals surface area (Å²) in [7, 11) is 0. The highest BCUT2D eigenvalue weighted by Gasteiger charge is 2.26. The Hall–Kier alpha value is -3.21. The molecule has 2 saturated carbocycles. The normalized spacial score (nSPS) is 23.8. The Morgan fingerprint density at radius 3 is 2.33 bits per heavy atom. The Morgan fingerprint density at radius 2 is 1.67 bits per heavy atom. The third-order valence-corrected chi connectivity index (χ3v) is 8.85. The van der Waals surface area contributed by atoms with E-state index in [0.717, 1.165) is 44.4 Å². The van der Waals surface area contributed by atoms with Crippen LogP contribution in [0.4, 0.5) is 4.39 Å². The lowest BCUT2D eigenvalue weighted by molar-refractivity contribution is 0.0728. The Labute approximate surface area is 230 Å². The summed E-state index contributed by atoms with van der Waals surface area (Å²) in [6.07, 6.45) is 15.7. The maximum Gasteiger partial charge on any atom is 0.346 e. The predicted molar refractivity (Wildman–Crippen MR) is 153 cm³/mol. The summed E-state index contributed by atoms with van der Waals surface area (Å²) in [5.41, 5.74) is 0.846. The third-order valence-electron chi connectivity index (χ3n) is 8.85. The zero-order chi connectivity index (χ0) is 27.4. The van der Waals surface area contributed by atoms with Crippen molar-refractivity contribution in [2.24, 2.45) is 11.8 Å². The largest absolute Gasteiger partial charge is 0.427 e. The van der Waals surface area contributed by atoms with Crippen LogP contribution in [0.1, 0.15) is 112 Å². The van der Waals surface area contributed by atoms with Crippen LogP contribution in [-0.4, -0.2) is 5.97 Å². The Bertz CT molecular complexity index is 1370. The summed E-state index contributed by atoms with van der Waals surface area (Å²) in [5.74, 6) is 0.932. The number of benzene rings is 2. The molecule has 2 aliphatic rings. The number of hydrogen-bond acceptors (Lipinski definition) is 4. The number of ether oxygens (including phenoxy) is 1. The lowest BCUT2D eigenvalue weighted by atomic mass is 9.78. The molecule has 1 heterocycles. The first-order valence-corrected chi connectivity index (χ1v) is 14.7. The van der Waals surface area contributed by atoms with Crippen LogP contribution in [0.3, 0.4) is 0 Å². The van der Waals surface area contributed by atoms with Crippen molar-refractivity contribution >= 4 is 16.7 Å². The maximum atomic E-state index is 15.4. The minimum Gasteiger partial charge on any atom is -0.427 e. The molecule has 1 aromatic heterocycles. The van der Waals surface area contributed by atoms with Gasteiger partial charge in [-0.15, -0.1) is 0 Å². The molecular formula is C34H39FO4. The number of esters is 1. The molecule has 2 fully saturated rings. The molecule has 39 heavy (non-hydrogen) atoms. The van der Waals surface area contributed by atoms with Crippen LogP contribution in [-0.2, 0) is 0 Å². The van der Waals surface area contributed by atoms with Crippen molar-refractivity contribution in [3.63, 3.8) is 0 Å². The van der Waals surface area contributed by atoms with Crippen molar-refractivity contribution in [2.45, 2.75) is 89.9 Å². The average molecular weight is 531 g/mol. The van der Waals surface area contributed by atoms with Crippen LogP contribution in [0.5, 0.6) is 5.75 Å². The third kappa shape index (κ3) is 6.18. The molecule has 0 unspecified atom stereocenters. The summed E-state index contributed by atoms with van der Waals surface area (Å²) < 4.78 is 26.4. The summed E-state index contributed by atoms with van der Waals surface area (Å²) in [5, 5.41) is 0.301. The SMILES string of the molecule is C/C=C/C1CCC(c2ccc(C(=O)Oc3ccc4cc(C5CCC(CCC)CC5)oc(=O)c4c3F)cc2)CC1. The number of rotatable bonds is 7. The molecule has 0 radical (unpaired) electrons. The van der Waals surface area contributed by atoms with Gasteiger partial charge in [0.05, 0.1) is 5.56 Å². The van der Waals surface area contributed by atoms with E-state index >= 15 is 4.39 Å². The van der Waals surface area contributed by atoms with E-state index in [0.29, 0.717) is 28.5 Å². The summed E-state index contributed by atoms with van der Waals surface area (Å²) in [6, 6.07) is 12.3. The van der Waals surface area contributed by atoms with E-state index in [-0.39, 0.29) is 17.1 Å². The minimum absolute atomic E-state index is 0.174. The summed E-state index contributed by atoms with van der Waals surface area (Å²) >= 11 is 0. The first-order chi connectivity index (χ1) is 19.0. The van der Waals surface area contributed by atoms with Crippen molar-refractivity contribution < 1.29 is 18.3 Å². The van der Waals surface area contributed by atoms with Crippen LogP contribution in [0.25, 0.3) is 10.8 Å². The predicted octanol–water partition coefficient (Wildman–Crippen LogP) is 9.08. The van der Waals surface area contributed by atoms with Gasteiger partial charge in [0, 0.05) is 5.92 Å². The number of halogens is 1. The second-order valence-electron chi connectivity index (χ2n) is 11.4. The summed E-state index contributed by atoms with van der Waals surface area (Å²) in [4.78, 5) is 25.7. The molecule has 5 rings (SSSR count). The second kappa shape index (κ2) is 12.3. The molecule has 2 aliphatic carbocycles. The van der Waals surface area contributed by atoms with Crippen LogP contribution < -0.4 is 10.4 Å². The standard InChI is InChI=1S/C34H39FO4/c1-3-5-22-7-11-24(12-8-22)25-15-17-27(18-16-25)33(36)38-29-20-19-28-21-30(39-34(37)31(28)32(29)35)26-13-9-23(6-4-2)10-14-26/h3,5,15-24,26H,4,6-14H2,1-2H3/b5-3+. The van der Waals surface area contributed by atoms with Crippen molar-refractivity contribution in [2.75, 3.05) is 0 Å². The van der Waals surface area contributed by atoms with Crippen LogP contribution >= 0.6 is 0 Å². The van der Waals surface area contributed by atoms with Crippen LogP contribution in [0.15, 0.2) is 63.8 Å². The number of hydrogen-bond donors (Lipinski definition) is 0. The molecule has 3 aromatic rings. The van der Waals surface area contributed by atoms with E-state index < -0.39 is 17.4 Å². The number of carbonyl (C=O) groups is 1. The Kier molecular flexibility index (Phi) is 8.64. The van der Waals surface area contributed by atoms with Gasteiger partial charge < -0.3 is 9.15 Å². The van der Waals surface area contributed by atoms with E-state index in [1.54, 1.807) is 24.3 Å². The van der Waals surface area contributed by atoms with Gasteiger partial charge in [0.25, 0.3) is 0 Å². The highest BCUT2D eigenvalue weighted by molar-refractivity contribution is 5.92. The number of carbonyl (C=O) groups excluding carboxylic acids is 1. The highest BCUT2D eigenvalue weighted by atomic mass is 19.1. The van der Waals surface area contributed by atoms with Crippen molar-refractivity contribution in [1.29, 1.82) is 0 Å². The molecule has 0 N–H and O–H groups in total. The molecule has 0 bridgehead atoms. The zero-order valence-electron chi connectivity index (χ0n) is 23.1. The first kappa shape index (κ1) is 27.4. The van der Waals surface area contributed by atoms with Gasteiger partial charge in [-0.05, 0) is 111 Å². The monoisotopic (exact) mass is 530 g/mol. The molecule has 5 heteroatoms. The van der Waals surface area contributed by atoms with Crippen LogP contribution in [0.2, 0.25) is 0 Å². The van der Waals surface area contributed by atoms with Gasteiger partial charge in [0.2, 0.25) is 0 Å². The quantitative estimate of drug-likeness (QED) is 0.174. The van der Waals surface area contributed by atoms with E-state index in [9.17, 15) is 9.59 Å². The van der Waals surface area contributed by atoms with Crippen molar-refractivity contribution in [1.82, 2.24) is 0 Å². The fraction of sp³-hybridized carbons (Fsp3) is 0.471. The lowest BCUT2D eigenvalue weighted by Crippen LogP contribution is -2.15. The molecule has 0 amide bonds. The Balaban J connectivity index is 1.27. The highest BCUT2D eigenvalue weighted by Crippen LogP contribution is 2.39. The minimum atomic E-state index is -0.859. The second-order valence-corrected chi connectivity index (χ2v) is 11.4. The lowest BCUT2D eigenvalue weighted by Gasteiger charge is -2.27. The molecule has 0 aliphatic heterocycles. The van der Waals surface area contributed by atoms with Gasteiger partial charge >= 0.3 is 11.6 Å². The van der Waals surface area contributed by atoms with E-state index in [4.69, 9.17) is 9.15 Å². The molecule has 0 saturated heterocycles. The van der Waals surface area contributed by atoms with Gasteiger partial charge in [-0.2, -0.15) is 0 Å². The van der Waals surface area contributed by atoms with Gasteiger partial charge in [-0.25, -0.2) is 14.0 Å². The van der Waals surface area contributed by atoms with Gasteiger partial charge in [0.15, 0.2) is 11.6 Å². The maximum absolute atomic E-state index is 15.4. The molecule has 2 aromatic carbocycles. The van der Waals surface area contributed by atoms with Crippen molar-refractivity contribution in [3.8, 4) is 5.75 Å². The van der Waals surface area contributed by atoms with E-state index in [2.05, 4.69) is 26.0 Å². The van der Waals surface area contributed by atoms with Gasteiger partial charge in [-0.1, -0.05) is 50.1 Å². The molecular weight excluding hydrogens is 491 g/mol. The first-order valence-electron chi connectivity index (χ1n) is 14.7. The fourth-order valence-electron chi connectivity index (χ4n) is 6.63. The molecule has 4 nitrogen and oxygen atoms in total. The van der Waals surface area contributed by atoms with Gasteiger partial charge in [-0.3, -0.25) is 0 Å². The molecule has 0 atom stereocenters. The van der Waals surface area contributed by atoms with E-state index in [1.807, 2.05) is 12.1 Å². The molecule has 206 valence electrons. The van der Waals surface area contributed by atoms with Crippen LogP contribution in [0, 0.1) is 17.7 Å². The number of fused-ring (bicyclic) bond motifs is 1. The smallest absolute Gasteiger partial charge is 0.346 e. The van der Waals surface area contributed by atoms with E-state index in [1.165, 1.54) is 37.3 Å².